The topological polar surface area (TPSA) is 39.9 Å². The van der Waals surface area contributed by atoms with Crippen molar-refractivity contribution in [2.45, 2.75) is 10.9 Å². The van der Waals surface area contributed by atoms with Gasteiger partial charge in [-0.3, -0.25) is 4.57 Å². The molecular formula is C22H17ClFN3OS. The lowest BCUT2D eigenvalue weighted by atomic mass is 10.2. The molecule has 4 rings (SSSR count). The first-order chi connectivity index (χ1) is 14.2. The lowest BCUT2D eigenvalue weighted by Gasteiger charge is -2.12. The summed E-state index contributed by atoms with van der Waals surface area (Å²) >= 11 is 7.85. The van der Waals surface area contributed by atoms with Crippen LogP contribution in [0.1, 0.15) is 5.56 Å². The van der Waals surface area contributed by atoms with E-state index in [0.29, 0.717) is 33.0 Å². The number of hydrogen-bond acceptors (Lipinski definition) is 4. The van der Waals surface area contributed by atoms with Crippen LogP contribution < -0.4 is 4.74 Å². The molecule has 0 spiro atoms. The summed E-state index contributed by atoms with van der Waals surface area (Å²) < 4.78 is 21.6. The molecule has 3 aromatic carbocycles. The first-order valence-electron chi connectivity index (χ1n) is 8.88. The fourth-order valence-corrected chi connectivity index (χ4v) is 4.02. The van der Waals surface area contributed by atoms with E-state index in [2.05, 4.69) is 10.2 Å². The van der Waals surface area contributed by atoms with E-state index in [1.165, 1.54) is 17.8 Å². The van der Waals surface area contributed by atoms with E-state index in [1.807, 2.05) is 42.5 Å². The number of ether oxygens (including phenoxy) is 1. The van der Waals surface area contributed by atoms with Crippen LogP contribution in [0.2, 0.25) is 5.02 Å². The molecule has 0 bridgehead atoms. The van der Waals surface area contributed by atoms with Crippen LogP contribution in [0, 0.1) is 5.82 Å². The second-order valence-electron chi connectivity index (χ2n) is 6.21. The molecule has 0 aliphatic heterocycles. The van der Waals surface area contributed by atoms with Gasteiger partial charge in [-0.15, -0.1) is 10.2 Å². The third-order valence-electron chi connectivity index (χ3n) is 4.37. The molecule has 7 heteroatoms. The summed E-state index contributed by atoms with van der Waals surface area (Å²) in [6.45, 7) is 0. The zero-order chi connectivity index (χ0) is 20.2. The standard InChI is InChI=1S/C22H17ClFN3OS/c1-28-16-12-10-15(11-13-16)14-29-22-26-25-21(17-6-2-3-7-18(17)23)27(22)20-9-5-4-8-19(20)24/h2-13H,14H2,1H3. The van der Waals surface area contributed by atoms with E-state index in [4.69, 9.17) is 16.3 Å². The van der Waals surface area contributed by atoms with Gasteiger partial charge in [0.15, 0.2) is 11.0 Å². The van der Waals surface area contributed by atoms with Crippen LogP contribution in [0.15, 0.2) is 78.0 Å². The summed E-state index contributed by atoms with van der Waals surface area (Å²) in [5.41, 5.74) is 2.17. The first kappa shape index (κ1) is 19.5. The van der Waals surface area contributed by atoms with Crippen molar-refractivity contribution in [3.05, 3.63) is 89.2 Å². The zero-order valence-electron chi connectivity index (χ0n) is 15.5. The molecule has 0 amide bonds. The Morgan fingerprint density at radius 1 is 0.966 bits per heavy atom. The Bertz CT molecular complexity index is 1130. The van der Waals surface area contributed by atoms with Crippen LogP contribution >= 0.6 is 23.4 Å². The second-order valence-corrected chi connectivity index (χ2v) is 7.56. The summed E-state index contributed by atoms with van der Waals surface area (Å²) in [6.07, 6.45) is 0. The molecule has 4 aromatic rings. The van der Waals surface area contributed by atoms with Gasteiger partial charge in [-0.1, -0.05) is 59.8 Å². The number of rotatable bonds is 6. The van der Waals surface area contributed by atoms with Gasteiger partial charge >= 0.3 is 0 Å². The Morgan fingerprint density at radius 2 is 1.69 bits per heavy atom. The van der Waals surface area contributed by atoms with Crippen LogP contribution in [0.4, 0.5) is 4.39 Å². The normalized spacial score (nSPS) is 10.9. The monoisotopic (exact) mass is 425 g/mol. The highest BCUT2D eigenvalue weighted by atomic mass is 35.5. The minimum atomic E-state index is -0.355. The smallest absolute Gasteiger partial charge is 0.196 e. The van der Waals surface area contributed by atoms with Crippen molar-refractivity contribution in [3.63, 3.8) is 0 Å². The third-order valence-corrected chi connectivity index (χ3v) is 5.70. The fourth-order valence-electron chi connectivity index (χ4n) is 2.90. The summed E-state index contributed by atoms with van der Waals surface area (Å²) in [7, 11) is 1.64. The number of aromatic nitrogens is 3. The summed E-state index contributed by atoms with van der Waals surface area (Å²) in [5.74, 6) is 1.60. The summed E-state index contributed by atoms with van der Waals surface area (Å²) in [5, 5.41) is 9.77. The van der Waals surface area contributed by atoms with Gasteiger partial charge in [-0.25, -0.2) is 4.39 Å². The molecule has 0 aliphatic carbocycles. The first-order valence-corrected chi connectivity index (χ1v) is 10.2. The van der Waals surface area contributed by atoms with Gasteiger partial charge in [-0.05, 0) is 42.0 Å². The van der Waals surface area contributed by atoms with Gasteiger partial charge in [0.2, 0.25) is 0 Å². The predicted octanol–water partition coefficient (Wildman–Crippen LogP) is 6.03. The Kier molecular flexibility index (Phi) is 5.83. The van der Waals surface area contributed by atoms with Crippen LogP contribution in [0.25, 0.3) is 17.1 Å². The number of para-hydroxylation sites is 1. The summed E-state index contributed by atoms with van der Waals surface area (Å²) in [6, 6.07) is 21.7. The predicted molar refractivity (Wildman–Crippen MR) is 114 cm³/mol. The summed E-state index contributed by atoms with van der Waals surface area (Å²) in [4.78, 5) is 0. The SMILES string of the molecule is COc1ccc(CSc2nnc(-c3ccccc3Cl)n2-c2ccccc2F)cc1. The van der Waals surface area contributed by atoms with Crippen LogP contribution in [-0.4, -0.2) is 21.9 Å². The molecule has 0 saturated carbocycles. The molecule has 0 fully saturated rings. The molecule has 0 N–H and O–H groups in total. The van der Waals surface area contributed by atoms with Crippen molar-refractivity contribution in [2.24, 2.45) is 0 Å². The quantitative estimate of drug-likeness (QED) is 0.354. The molecule has 29 heavy (non-hydrogen) atoms. The highest BCUT2D eigenvalue weighted by Gasteiger charge is 2.20. The molecule has 0 atom stereocenters. The van der Waals surface area contributed by atoms with E-state index in [1.54, 1.807) is 35.9 Å². The Balaban J connectivity index is 1.74. The fraction of sp³-hybridized carbons (Fsp3) is 0.0909. The minimum Gasteiger partial charge on any atom is -0.497 e. The molecule has 0 saturated heterocycles. The molecule has 0 unspecified atom stereocenters. The largest absolute Gasteiger partial charge is 0.497 e. The maximum Gasteiger partial charge on any atom is 0.196 e. The maximum atomic E-state index is 14.6. The molecule has 0 aliphatic rings. The molecule has 4 nitrogen and oxygen atoms in total. The highest BCUT2D eigenvalue weighted by molar-refractivity contribution is 7.98. The second kappa shape index (κ2) is 8.68. The van der Waals surface area contributed by atoms with Gasteiger partial charge in [-0.2, -0.15) is 0 Å². The highest BCUT2D eigenvalue weighted by Crippen LogP contribution is 2.33. The Labute approximate surface area is 177 Å². The van der Waals surface area contributed by atoms with Crippen LogP contribution in [0.5, 0.6) is 5.75 Å². The molecule has 1 heterocycles. The van der Waals surface area contributed by atoms with E-state index in [0.717, 1.165) is 11.3 Å². The van der Waals surface area contributed by atoms with Gasteiger partial charge in [0.05, 0.1) is 17.8 Å². The zero-order valence-corrected chi connectivity index (χ0v) is 17.1. The molecule has 1 aromatic heterocycles. The van der Waals surface area contributed by atoms with E-state index >= 15 is 0 Å². The van der Waals surface area contributed by atoms with E-state index in [-0.39, 0.29) is 5.82 Å². The lowest BCUT2D eigenvalue weighted by Crippen LogP contribution is -2.02. The average molecular weight is 426 g/mol. The Morgan fingerprint density at radius 3 is 2.41 bits per heavy atom. The number of halogens is 2. The van der Waals surface area contributed by atoms with Crippen molar-refractivity contribution in [1.82, 2.24) is 14.8 Å². The number of benzene rings is 3. The van der Waals surface area contributed by atoms with E-state index in [9.17, 15) is 4.39 Å². The van der Waals surface area contributed by atoms with Crippen molar-refractivity contribution < 1.29 is 9.13 Å². The van der Waals surface area contributed by atoms with Crippen molar-refractivity contribution in [2.75, 3.05) is 7.11 Å². The van der Waals surface area contributed by atoms with Gasteiger partial charge in [0.25, 0.3) is 0 Å². The van der Waals surface area contributed by atoms with Crippen molar-refractivity contribution >= 4 is 23.4 Å². The van der Waals surface area contributed by atoms with Crippen molar-refractivity contribution in [1.29, 1.82) is 0 Å². The molecular weight excluding hydrogens is 409 g/mol. The van der Waals surface area contributed by atoms with Crippen LogP contribution in [0.3, 0.4) is 0 Å². The molecule has 146 valence electrons. The minimum absolute atomic E-state index is 0.355. The molecule has 0 radical (unpaired) electrons. The van der Waals surface area contributed by atoms with Gasteiger partial charge < -0.3 is 4.74 Å². The number of nitrogens with zero attached hydrogens (tertiary/aromatic N) is 3. The lowest BCUT2D eigenvalue weighted by molar-refractivity contribution is 0.414. The number of thioether (sulfide) groups is 1. The van der Waals surface area contributed by atoms with Crippen molar-refractivity contribution in [3.8, 4) is 22.8 Å². The maximum absolute atomic E-state index is 14.6. The van der Waals surface area contributed by atoms with Gasteiger partial charge in [0.1, 0.15) is 11.6 Å². The average Bonchev–Trinajstić information content (AvgIpc) is 3.16. The van der Waals surface area contributed by atoms with Crippen LogP contribution in [-0.2, 0) is 5.75 Å². The van der Waals surface area contributed by atoms with E-state index < -0.39 is 0 Å². The van der Waals surface area contributed by atoms with Gasteiger partial charge in [0, 0.05) is 11.3 Å². The third kappa shape index (κ3) is 4.13. The number of methoxy groups -OCH3 is 1. The number of hydrogen-bond donors (Lipinski definition) is 0. The Hall–Kier alpha value is -2.83.